The van der Waals surface area contributed by atoms with Crippen LogP contribution in [0.1, 0.15) is 5.56 Å². The number of hydrogen-bond acceptors (Lipinski definition) is 3. The molecule has 0 radical (unpaired) electrons. The highest BCUT2D eigenvalue weighted by Crippen LogP contribution is 2.37. The van der Waals surface area contributed by atoms with E-state index < -0.39 is 5.82 Å². The molecule has 116 valence electrons. The highest BCUT2D eigenvalue weighted by Gasteiger charge is 2.33. The monoisotopic (exact) mass is 383 g/mol. The summed E-state index contributed by atoms with van der Waals surface area (Å²) in [6.45, 7) is 0. The van der Waals surface area contributed by atoms with Gasteiger partial charge < -0.3 is 0 Å². The highest BCUT2D eigenvalue weighted by molar-refractivity contribution is 8.27. The molecule has 1 fully saturated rings. The smallest absolute Gasteiger partial charge is 0.268 e. The topological polar surface area (TPSA) is 20.3 Å². The minimum Gasteiger partial charge on any atom is -0.268 e. The summed E-state index contributed by atoms with van der Waals surface area (Å²) in [7, 11) is 0. The summed E-state index contributed by atoms with van der Waals surface area (Å²) in [4.78, 5) is 14.4. The molecule has 0 spiro atoms. The molecule has 0 aromatic heterocycles. The van der Waals surface area contributed by atoms with Crippen LogP contribution in [0.2, 0.25) is 10.0 Å². The Morgan fingerprint density at radius 3 is 2.48 bits per heavy atom. The lowest BCUT2D eigenvalue weighted by molar-refractivity contribution is -0.113. The van der Waals surface area contributed by atoms with Crippen LogP contribution in [0, 0.1) is 5.82 Å². The van der Waals surface area contributed by atoms with E-state index in [2.05, 4.69) is 0 Å². The lowest BCUT2D eigenvalue weighted by atomic mass is 10.2. The second kappa shape index (κ2) is 6.61. The van der Waals surface area contributed by atoms with Crippen molar-refractivity contribution in [2.45, 2.75) is 0 Å². The number of nitrogens with zero attached hydrogens (tertiary/aromatic N) is 1. The van der Waals surface area contributed by atoms with Crippen molar-refractivity contribution < 1.29 is 9.18 Å². The molecule has 1 aliphatic rings. The Hall–Kier alpha value is -1.40. The van der Waals surface area contributed by atoms with E-state index in [0.717, 1.165) is 5.56 Å². The maximum atomic E-state index is 13.3. The number of thiocarbonyl (C=S) groups is 1. The number of benzene rings is 2. The first-order chi connectivity index (χ1) is 11.0. The minimum atomic E-state index is -0.544. The number of amides is 1. The molecular formula is C16H8Cl2FNOS2. The number of rotatable bonds is 2. The molecule has 2 nitrogen and oxygen atoms in total. The maximum absolute atomic E-state index is 13.3. The molecule has 0 bridgehead atoms. The molecule has 0 atom stereocenters. The third kappa shape index (κ3) is 3.43. The van der Waals surface area contributed by atoms with Gasteiger partial charge in [-0.15, -0.1) is 0 Å². The summed E-state index contributed by atoms with van der Waals surface area (Å²) in [5, 5.41) is 0.564. The number of carbonyl (C=O) groups is 1. The third-order valence-corrected chi connectivity index (χ3v) is 4.97. The van der Waals surface area contributed by atoms with Crippen LogP contribution in [0.5, 0.6) is 0 Å². The Morgan fingerprint density at radius 2 is 1.83 bits per heavy atom. The van der Waals surface area contributed by atoms with Crippen molar-refractivity contribution in [1.82, 2.24) is 0 Å². The van der Waals surface area contributed by atoms with E-state index in [-0.39, 0.29) is 10.9 Å². The van der Waals surface area contributed by atoms with Crippen LogP contribution in [0.25, 0.3) is 6.08 Å². The second-order valence-corrected chi connectivity index (χ2v) is 7.19. The van der Waals surface area contributed by atoms with E-state index in [9.17, 15) is 9.18 Å². The first kappa shape index (κ1) is 16.5. The summed E-state index contributed by atoms with van der Waals surface area (Å²) >= 11 is 18.1. The molecule has 0 N–H and O–H groups in total. The molecule has 3 rings (SSSR count). The summed E-state index contributed by atoms with van der Waals surface area (Å²) in [6, 6.07) is 11.2. The molecule has 2 aromatic carbocycles. The standard InChI is InChI=1S/C16H8Cl2FNOS2/c17-10-3-1-9(2-4-10)7-14-15(21)20(16(22)23-14)11-5-6-13(19)12(18)8-11/h1-8H/b14-7-. The second-order valence-electron chi connectivity index (χ2n) is 4.67. The maximum Gasteiger partial charge on any atom is 0.270 e. The van der Waals surface area contributed by atoms with E-state index in [0.29, 0.717) is 19.9 Å². The zero-order chi connectivity index (χ0) is 16.6. The Labute approximate surface area is 151 Å². The summed E-state index contributed by atoms with van der Waals surface area (Å²) in [5.41, 5.74) is 1.28. The van der Waals surface area contributed by atoms with Crippen LogP contribution >= 0.6 is 47.2 Å². The van der Waals surface area contributed by atoms with Gasteiger partial charge in [-0.2, -0.15) is 0 Å². The average molecular weight is 384 g/mol. The van der Waals surface area contributed by atoms with Crippen LogP contribution in [-0.2, 0) is 4.79 Å². The number of halogens is 3. The number of hydrogen-bond donors (Lipinski definition) is 0. The molecule has 0 saturated carbocycles. The predicted octanol–water partition coefficient (Wildman–Crippen LogP) is 5.54. The normalized spacial score (nSPS) is 16.5. The highest BCUT2D eigenvalue weighted by atomic mass is 35.5. The molecule has 7 heteroatoms. The predicted molar refractivity (Wildman–Crippen MR) is 98.5 cm³/mol. The van der Waals surface area contributed by atoms with Crippen LogP contribution in [0.3, 0.4) is 0 Å². The number of anilines is 1. The van der Waals surface area contributed by atoms with Crippen molar-refractivity contribution in [3.63, 3.8) is 0 Å². The van der Waals surface area contributed by atoms with E-state index in [4.69, 9.17) is 35.4 Å². The minimum absolute atomic E-state index is 0.0572. The van der Waals surface area contributed by atoms with Crippen LogP contribution in [-0.4, -0.2) is 10.2 Å². The zero-order valence-corrected chi connectivity index (χ0v) is 14.6. The SMILES string of the molecule is O=C1/C(=C/c2ccc(Cl)cc2)SC(=S)N1c1ccc(F)c(Cl)c1. The Bertz CT molecular complexity index is 836. The molecule has 2 aromatic rings. The quantitative estimate of drug-likeness (QED) is 0.501. The van der Waals surface area contributed by atoms with Gasteiger partial charge in [0.2, 0.25) is 0 Å². The van der Waals surface area contributed by atoms with Crippen molar-refractivity contribution in [3.05, 3.63) is 68.8 Å². The Kier molecular flexibility index (Phi) is 4.73. The molecular weight excluding hydrogens is 376 g/mol. The van der Waals surface area contributed by atoms with Crippen LogP contribution < -0.4 is 4.90 Å². The van der Waals surface area contributed by atoms with Gasteiger partial charge in [0.1, 0.15) is 5.82 Å². The number of thioether (sulfide) groups is 1. The zero-order valence-electron chi connectivity index (χ0n) is 11.4. The first-order valence-electron chi connectivity index (χ1n) is 6.44. The lowest BCUT2D eigenvalue weighted by Crippen LogP contribution is -2.27. The van der Waals surface area contributed by atoms with Crippen molar-refractivity contribution >= 4 is 69.2 Å². The Morgan fingerprint density at radius 1 is 1.13 bits per heavy atom. The van der Waals surface area contributed by atoms with E-state index in [1.54, 1.807) is 18.2 Å². The summed E-state index contributed by atoms with van der Waals surface area (Å²) < 4.78 is 13.7. The van der Waals surface area contributed by atoms with Crippen molar-refractivity contribution in [3.8, 4) is 0 Å². The van der Waals surface area contributed by atoms with E-state index in [1.807, 2.05) is 12.1 Å². The van der Waals surface area contributed by atoms with Gasteiger partial charge in [0, 0.05) is 5.02 Å². The molecule has 1 saturated heterocycles. The van der Waals surface area contributed by atoms with Gasteiger partial charge in [-0.1, -0.05) is 59.3 Å². The summed E-state index contributed by atoms with van der Waals surface area (Å²) in [6.07, 6.45) is 1.74. The molecule has 1 amide bonds. The lowest BCUT2D eigenvalue weighted by Gasteiger charge is -2.14. The third-order valence-electron chi connectivity index (χ3n) is 3.12. The molecule has 0 aliphatic carbocycles. The van der Waals surface area contributed by atoms with Gasteiger partial charge in [-0.3, -0.25) is 9.69 Å². The summed E-state index contributed by atoms with van der Waals surface area (Å²) in [5.74, 6) is -0.810. The average Bonchev–Trinajstić information content (AvgIpc) is 2.79. The van der Waals surface area contributed by atoms with E-state index in [1.165, 1.54) is 34.9 Å². The van der Waals surface area contributed by atoms with Gasteiger partial charge in [0.25, 0.3) is 5.91 Å². The van der Waals surface area contributed by atoms with E-state index >= 15 is 0 Å². The molecule has 23 heavy (non-hydrogen) atoms. The fourth-order valence-corrected chi connectivity index (χ4v) is 3.62. The van der Waals surface area contributed by atoms with Crippen LogP contribution in [0.4, 0.5) is 10.1 Å². The fourth-order valence-electron chi connectivity index (χ4n) is 2.02. The molecule has 1 heterocycles. The molecule has 0 unspecified atom stereocenters. The Balaban J connectivity index is 1.93. The van der Waals surface area contributed by atoms with Gasteiger partial charge in [0.05, 0.1) is 15.6 Å². The van der Waals surface area contributed by atoms with Gasteiger partial charge >= 0.3 is 0 Å². The van der Waals surface area contributed by atoms with Crippen LogP contribution in [0.15, 0.2) is 47.4 Å². The largest absolute Gasteiger partial charge is 0.270 e. The fraction of sp³-hybridized carbons (Fsp3) is 0. The first-order valence-corrected chi connectivity index (χ1v) is 8.42. The van der Waals surface area contributed by atoms with Gasteiger partial charge in [0.15, 0.2) is 4.32 Å². The van der Waals surface area contributed by atoms with Crippen molar-refractivity contribution in [1.29, 1.82) is 0 Å². The molecule has 1 aliphatic heterocycles. The van der Waals surface area contributed by atoms with Crippen molar-refractivity contribution in [2.24, 2.45) is 0 Å². The van der Waals surface area contributed by atoms with Gasteiger partial charge in [-0.05, 0) is 42.0 Å². The van der Waals surface area contributed by atoms with Crippen molar-refractivity contribution in [2.75, 3.05) is 4.90 Å². The number of carbonyl (C=O) groups excluding carboxylic acids is 1. The van der Waals surface area contributed by atoms with Gasteiger partial charge in [-0.25, -0.2) is 4.39 Å².